The molecule has 13 heavy (non-hydrogen) atoms. The summed E-state index contributed by atoms with van der Waals surface area (Å²) in [7, 11) is 0. The highest BCUT2D eigenvalue weighted by Gasteiger charge is 2.46. The van der Waals surface area contributed by atoms with E-state index in [0.29, 0.717) is 5.54 Å². The maximum absolute atomic E-state index is 3.80. The van der Waals surface area contributed by atoms with Crippen LogP contribution in [-0.4, -0.2) is 12.1 Å². The van der Waals surface area contributed by atoms with Crippen molar-refractivity contribution < 1.29 is 0 Å². The molecule has 2 atom stereocenters. The Balaban J connectivity index is 1.96. The number of hydrogen-bond donors (Lipinski definition) is 1. The second-order valence-corrected chi connectivity index (χ2v) is 5.18. The van der Waals surface area contributed by atoms with E-state index in [9.17, 15) is 0 Å². The van der Waals surface area contributed by atoms with E-state index < -0.39 is 0 Å². The largest absolute Gasteiger partial charge is 0.311 e. The van der Waals surface area contributed by atoms with Crippen LogP contribution in [0.3, 0.4) is 0 Å². The molecule has 2 unspecified atom stereocenters. The van der Waals surface area contributed by atoms with Gasteiger partial charge in [-0.2, -0.15) is 0 Å². The van der Waals surface area contributed by atoms with Gasteiger partial charge in [-0.15, -0.1) is 0 Å². The van der Waals surface area contributed by atoms with Gasteiger partial charge in [0.2, 0.25) is 0 Å². The minimum Gasteiger partial charge on any atom is -0.311 e. The average Bonchev–Trinajstić information content (AvgIpc) is 2.89. The van der Waals surface area contributed by atoms with Crippen LogP contribution in [0.25, 0.3) is 0 Å². The molecule has 1 heteroatoms. The predicted octanol–water partition coefficient (Wildman–Crippen LogP) is 2.95. The molecular formula is C12H23N. The summed E-state index contributed by atoms with van der Waals surface area (Å²) in [5.74, 6) is 1.94. The number of hydrogen-bond acceptors (Lipinski definition) is 1. The third-order valence-electron chi connectivity index (χ3n) is 4.05. The molecule has 1 aliphatic heterocycles. The van der Waals surface area contributed by atoms with Gasteiger partial charge in [0.1, 0.15) is 0 Å². The molecular weight excluding hydrogens is 158 g/mol. The van der Waals surface area contributed by atoms with E-state index in [2.05, 4.69) is 19.2 Å². The lowest BCUT2D eigenvalue weighted by atomic mass is 9.82. The molecule has 1 N–H and O–H groups in total. The van der Waals surface area contributed by atoms with Crippen molar-refractivity contribution in [2.24, 2.45) is 11.8 Å². The summed E-state index contributed by atoms with van der Waals surface area (Å²) in [6, 6.07) is 0. The fourth-order valence-corrected chi connectivity index (χ4v) is 2.92. The number of rotatable bonds is 4. The lowest BCUT2D eigenvalue weighted by Gasteiger charge is -2.32. The van der Waals surface area contributed by atoms with Gasteiger partial charge in [0.05, 0.1) is 0 Å². The molecule has 2 fully saturated rings. The van der Waals surface area contributed by atoms with E-state index in [0.717, 1.165) is 11.8 Å². The highest BCUT2D eigenvalue weighted by atomic mass is 15.0. The Morgan fingerprint density at radius 3 is 2.69 bits per heavy atom. The molecule has 0 radical (unpaired) electrons. The first kappa shape index (κ1) is 9.51. The summed E-state index contributed by atoms with van der Waals surface area (Å²) in [5, 5.41) is 3.80. The van der Waals surface area contributed by atoms with Crippen LogP contribution in [0.1, 0.15) is 52.4 Å². The monoisotopic (exact) mass is 181 g/mol. The molecule has 0 aromatic carbocycles. The van der Waals surface area contributed by atoms with Crippen molar-refractivity contribution in [2.75, 3.05) is 6.54 Å². The maximum atomic E-state index is 3.80. The zero-order chi connectivity index (χ0) is 9.31. The summed E-state index contributed by atoms with van der Waals surface area (Å²) >= 11 is 0. The van der Waals surface area contributed by atoms with Crippen molar-refractivity contribution in [3.63, 3.8) is 0 Å². The Bertz CT molecular complexity index is 166. The first-order valence-electron chi connectivity index (χ1n) is 6.02. The predicted molar refractivity (Wildman–Crippen MR) is 56.8 cm³/mol. The zero-order valence-electron chi connectivity index (χ0n) is 9.10. The molecule has 76 valence electrons. The van der Waals surface area contributed by atoms with Gasteiger partial charge < -0.3 is 5.32 Å². The summed E-state index contributed by atoms with van der Waals surface area (Å²) in [4.78, 5) is 0. The van der Waals surface area contributed by atoms with Crippen LogP contribution in [0.2, 0.25) is 0 Å². The van der Waals surface area contributed by atoms with Crippen molar-refractivity contribution >= 4 is 0 Å². The van der Waals surface area contributed by atoms with Crippen LogP contribution >= 0.6 is 0 Å². The Morgan fingerprint density at radius 2 is 2.23 bits per heavy atom. The van der Waals surface area contributed by atoms with Crippen molar-refractivity contribution in [3.05, 3.63) is 0 Å². The minimum absolute atomic E-state index is 0.579. The maximum Gasteiger partial charge on any atom is 0.0212 e. The molecule has 0 aromatic heterocycles. The third-order valence-corrected chi connectivity index (χ3v) is 4.05. The molecule has 1 aliphatic carbocycles. The molecule has 1 heterocycles. The first-order valence-corrected chi connectivity index (χ1v) is 6.02. The molecule has 1 nitrogen and oxygen atoms in total. The zero-order valence-corrected chi connectivity index (χ0v) is 9.10. The van der Waals surface area contributed by atoms with Crippen LogP contribution in [-0.2, 0) is 0 Å². The average molecular weight is 181 g/mol. The SMILES string of the molecule is CCC(C)CC1(C2CC2)CCCN1. The molecule has 2 aliphatic rings. The second kappa shape index (κ2) is 3.61. The van der Waals surface area contributed by atoms with Gasteiger partial charge in [-0.05, 0) is 50.5 Å². The van der Waals surface area contributed by atoms with Crippen molar-refractivity contribution in [3.8, 4) is 0 Å². The van der Waals surface area contributed by atoms with Crippen molar-refractivity contribution in [1.29, 1.82) is 0 Å². The quantitative estimate of drug-likeness (QED) is 0.703. The Kier molecular flexibility index (Phi) is 2.64. The summed E-state index contributed by atoms with van der Waals surface area (Å²) in [6.07, 6.45) is 8.60. The second-order valence-electron chi connectivity index (χ2n) is 5.18. The van der Waals surface area contributed by atoms with Crippen LogP contribution < -0.4 is 5.32 Å². The van der Waals surface area contributed by atoms with Gasteiger partial charge in [0, 0.05) is 5.54 Å². The number of nitrogens with one attached hydrogen (secondary N) is 1. The fourth-order valence-electron chi connectivity index (χ4n) is 2.92. The van der Waals surface area contributed by atoms with E-state index >= 15 is 0 Å². The highest BCUT2D eigenvalue weighted by Crippen LogP contribution is 2.47. The van der Waals surface area contributed by atoms with Crippen LogP contribution in [0.5, 0.6) is 0 Å². The van der Waals surface area contributed by atoms with Gasteiger partial charge >= 0.3 is 0 Å². The van der Waals surface area contributed by atoms with Crippen LogP contribution in [0.4, 0.5) is 0 Å². The topological polar surface area (TPSA) is 12.0 Å². The minimum atomic E-state index is 0.579. The molecule has 1 saturated carbocycles. The summed E-state index contributed by atoms with van der Waals surface area (Å²) in [6.45, 7) is 6.00. The molecule has 1 saturated heterocycles. The molecule has 0 amide bonds. The third kappa shape index (κ3) is 1.90. The smallest absolute Gasteiger partial charge is 0.0212 e. The standard InChI is InChI=1S/C12H23N/c1-3-10(2)9-12(11-5-6-11)7-4-8-13-12/h10-11,13H,3-9H2,1-2H3. The van der Waals surface area contributed by atoms with Gasteiger partial charge in [-0.25, -0.2) is 0 Å². The van der Waals surface area contributed by atoms with Gasteiger partial charge in [0.15, 0.2) is 0 Å². The Morgan fingerprint density at radius 1 is 1.46 bits per heavy atom. The van der Waals surface area contributed by atoms with Crippen LogP contribution in [0, 0.1) is 11.8 Å². The van der Waals surface area contributed by atoms with E-state index in [1.165, 1.54) is 45.1 Å². The normalized spacial score (nSPS) is 36.5. The Hall–Kier alpha value is -0.0400. The van der Waals surface area contributed by atoms with E-state index in [-0.39, 0.29) is 0 Å². The highest BCUT2D eigenvalue weighted by molar-refractivity contribution is 5.04. The molecule has 0 spiro atoms. The van der Waals surface area contributed by atoms with Gasteiger partial charge in [0.25, 0.3) is 0 Å². The van der Waals surface area contributed by atoms with Gasteiger partial charge in [-0.1, -0.05) is 20.3 Å². The van der Waals surface area contributed by atoms with Crippen LogP contribution in [0.15, 0.2) is 0 Å². The molecule has 0 bridgehead atoms. The molecule has 0 aromatic rings. The lowest BCUT2D eigenvalue weighted by molar-refractivity contribution is 0.254. The van der Waals surface area contributed by atoms with E-state index in [1.807, 2.05) is 0 Å². The molecule has 2 rings (SSSR count). The van der Waals surface area contributed by atoms with E-state index in [1.54, 1.807) is 0 Å². The van der Waals surface area contributed by atoms with Crippen molar-refractivity contribution in [2.45, 2.75) is 57.9 Å². The Labute approximate surface area is 82.3 Å². The van der Waals surface area contributed by atoms with Gasteiger partial charge in [-0.3, -0.25) is 0 Å². The summed E-state index contributed by atoms with van der Waals surface area (Å²) < 4.78 is 0. The summed E-state index contributed by atoms with van der Waals surface area (Å²) in [5.41, 5.74) is 0.579. The lowest BCUT2D eigenvalue weighted by Crippen LogP contribution is -2.43. The fraction of sp³-hybridized carbons (Fsp3) is 1.00. The first-order chi connectivity index (χ1) is 6.27. The van der Waals surface area contributed by atoms with Crippen molar-refractivity contribution in [1.82, 2.24) is 5.32 Å². The van der Waals surface area contributed by atoms with E-state index in [4.69, 9.17) is 0 Å².